The molecule has 2 N–H and O–H groups in total. The van der Waals surface area contributed by atoms with E-state index < -0.39 is 12.0 Å². The lowest BCUT2D eigenvalue weighted by atomic mass is 10.1. The Morgan fingerprint density at radius 2 is 1.91 bits per heavy atom. The lowest BCUT2D eigenvalue weighted by Crippen LogP contribution is -2.29. The van der Waals surface area contributed by atoms with Crippen LogP contribution >= 0.6 is 11.3 Å². The van der Waals surface area contributed by atoms with Crippen molar-refractivity contribution in [2.75, 3.05) is 5.32 Å². The first-order valence-corrected chi connectivity index (χ1v) is 7.99. The van der Waals surface area contributed by atoms with Crippen molar-refractivity contribution < 1.29 is 9.90 Å². The van der Waals surface area contributed by atoms with Crippen molar-refractivity contribution in [3.05, 3.63) is 65.8 Å². The summed E-state index contributed by atoms with van der Waals surface area (Å²) in [6.45, 7) is 0. The average molecular weight is 325 g/mol. The topological polar surface area (TPSA) is 75.1 Å². The summed E-state index contributed by atoms with van der Waals surface area (Å²) in [4.78, 5) is 20.4. The molecule has 0 radical (unpaired) electrons. The third kappa shape index (κ3) is 4.00. The minimum atomic E-state index is -1.11. The lowest BCUT2D eigenvalue weighted by molar-refractivity contribution is -0.123. The summed E-state index contributed by atoms with van der Waals surface area (Å²) < 4.78 is 0. The maximum absolute atomic E-state index is 12.1. The predicted octanol–water partition coefficient (Wildman–Crippen LogP) is 2.75. The fraction of sp³-hybridized carbons (Fsp3) is 0.118. The molecular weight excluding hydrogens is 310 g/mol. The Balaban J connectivity index is 1.63. The number of benzene rings is 1. The monoisotopic (exact) mass is 325 g/mol. The highest BCUT2D eigenvalue weighted by Crippen LogP contribution is 2.24. The van der Waals surface area contributed by atoms with Gasteiger partial charge in [0.25, 0.3) is 5.91 Å². The van der Waals surface area contributed by atoms with Crippen LogP contribution in [0.5, 0.6) is 0 Å². The Labute approximate surface area is 137 Å². The van der Waals surface area contributed by atoms with Gasteiger partial charge < -0.3 is 5.11 Å². The van der Waals surface area contributed by atoms with Gasteiger partial charge in [-0.3, -0.25) is 15.1 Å². The van der Waals surface area contributed by atoms with Crippen molar-refractivity contribution in [2.45, 2.75) is 12.5 Å². The first kappa shape index (κ1) is 15.3. The van der Waals surface area contributed by atoms with Crippen molar-refractivity contribution in [1.82, 2.24) is 9.97 Å². The summed E-state index contributed by atoms with van der Waals surface area (Å²) in [6, 6.07) is 13.1. The van der Waals surface area contributed by atoms with Crippen LogP contribution < -0.4 is 5.32 Å². The molecule has 1 aromatic carbocycles. The Hall–Kier alpha value is -2.57. The summed E-state index contributed by atoms with van der Waals surface area (Å²) in [6.07, 6.45) is 2.55. The lowest BCUT2D eigenvalue weighted by Gasteiger charge is -2.09. The Kier molecular flexibility index (Phi) is 4.75. The number of rotatable bonds is 5. The molecule has 0 spiro atoms. The standard InChI is InChI=1S/C17H15N3O2S/c21-15(10-12-4-2-1-3-5-12)16(22)20-17-19-14(11-23-17)13-6-8-18-9-7-13/h1-9,11,15,21H,10H2,(H,19,20,22)/t15-/m0/s1. The van der Waals surface area contributed by atoms with Crippen LogP contribution in [0.3, 0.4) is 0 Å². The normalized spacial score (nSPS) is 11.9. The zero-order valence-electron chi connectivity index (χ0n) is 12.2. The molecule has 0 unspecified atom stereocenters. The Bertz CT molecular complexity index is 775. The minimum Gasteiger partial charge on any atom is -0.383 e. The van der Waals surface area contributed by atoms with Gasteiger partial charge >= 0.3 is 0 Å². The second-order valence-electron chi connectivity index (χ2n) is 4.97. The van der Waals surface area contributed by atoms with E-state index in [9.17, 15) is 9.90 Å². The summed E-state index contributed by atoms with van der Waals surface area (Å²) in [7, 11) is 0. The van der Waals surface area contributed by atoms with Crippen LogP contribution in [0.2, 0.25) is 0 Å². The molecule has 1 amide bonds. The van der Waals surface area contributed by atoms with Gasteiger partial charge in [0.1, 0.15) is 6.10 Å². The predicted molar refractivity (Wildman–Crippen MR) is 90.1 cm³/mol. The van der Waals surface area contributed by atoms with Gasteiger partial charge in [-0.15, -0.1) is 11.3 Å². The van der Waals surface area contributed by atoms with Crippen molar-refractivity contribution in [3.8, 4) is 11.3 Å². The van der Waals surface area contributed by atoms with Crippen LogP contribution in [0, 0.1) is 0 Å². The van der Waals surface area contributed by atoms with Gasteiger partial charge in [-0.25, -0.2) is 4.98 Å². The second kappa shape index (κ2) is 7.13. The maximum atomic E-state index is 12.1. The number of pyridine rings is 1. The average Bonchev–Trinajstić information content (AvgIpc) is 3.05. The zero-order chi connectivity index (χ0) is 16.1. The third-order valence-electron chi connectivity index (χ3n) is 3.28. The van der Waals surface area contributed by atoms with Gasteiger partial charge in [0, 0.05) is 29.8 Å². The number of nitrogens with one attached hydrogen (secondary N) is 1. The van der Waals surface area contributed by atoms with Gasteiger partial charge in [-0.1, -0.05) is 30.3 Å². The Morgan fingerprint density at radius 3 is 2.65 bits per heavy atom. The number of carbonyl (C=O) groups excluding carboxylic acids is 1. The maximum Gasteiger partial charge on any atom is 0.255 e. The van der Waals surface area contributed by atoms with Crippen molar-refractivity contribution in [1.29, 1.82) is 0 Å². The Morgan fingerprint density at radius 1 is 1.17 bits per heavy atom. The largest absolute Gasteiger partial charge is 0.383 e. The zero-order valence-corrected chi connectivity index (χ0v) is 13.0. The molecule has 6 heteroatoms. The van der Waals surface area contributed by atoms with Crippen LogP contribution in [-0.2, 0) is 11.2 Å². The summed E-state index contributed by atoms with van der Waals surface area (Å²) in [5.41, 5.74) is 2.61. The quantitative estimate of drug-likeness (QED) is 0.756. The van der Waals surface area contributed by atoms with Crippen LogP contribution in [0.1, 0.15) is 5.56 Å². The van der Waals surface area contributed by atoms with E-state index in [1.807, 2.05) is 47.8 Å². The first-order chi connectivity index (χ1) is 11.2. The van der Waals surface area contributed by atoms with E-state index in [1.165, 1.54) is 11.3 Å². The molecule has 1 atom stereocenters. The van der Waals surface area contributed by atoms with Crippen LogP contribution in [0.4, 0.5) is 5.13 Å². The van der Waals surface area contributed by atoms with E-state index in [0.29, 0.717) is 5.13 Å². The molecule has 0 bridgehead atoms. The van der Waals surface area contributed by atoms with Gasteiger partial charge in [-0.2, -0.15) is 0 Å². The molecule has 23 heavy (non-hydrogen) atoms. The highest BCUT2D eigenvalue weighted by atomic mass is 32.1. The van der Waals surface area contributed by atoms with E-state index in [1.54, 1.807) is 12.4 Å². The highest BCUT2D eigenvalue weighted by molar-refractivity contribution is 7.14. The summed E-state index contributed by atoms with van der Waals surface area (Å²) >= 11 is 1.32. The van der Waals surface area contributed by atoms with Gasteiger partial charge in [-0.05, 0) is 17.7 Å². The molecule has 3 rings (SSSR count). The van der Waals surface area contributed by atoms with Gasteiger partial charge in [0.2, 0.25) is 0 Å². The number of carbonyl (C=O) groups is 1. The molecule has 2 aromatic heterocycles. The third-order valence-corrected chi connectivity index (χ3v) is 4.04. The van der Waals surface area contributed by atoms with Gasteiger partial charge in [0.05, 0.1) is 5.69 Å². The summed E-state index contributed by atoms with van der Waals surface area (Å²) in [5.74, 6) is -0.454. The molecule has 0 aliphatic heterocycles. The molecule has 5 nitrogen and oxygen atoms in total. The SMILES string of the molecule is O=C(Nc1nc(-c2ccncc2)cs1)[C@@H](O)Cc1ccccc1. The molecule has 0 aliphatic carbocycles. The van der Waals surface area contributed by atoms with Crippen molar-refractivity contribution >= 4 is 22.4 Å². The van der Waals surface area contributed by atoms with Crippen molar-refractivity contribution in [2.24, 2.45) is 0 Å². The van der Waals surface area contributed by atoms with Crippen LogP contribution in [0.15, 0.2) is 60.2 Å². The number of aliphatic hydroxyl groups excluding tert-OH is 1. The number of nitrogens with zero attached hydrogens (tertiary/aromatic N) is 2. The van der Waals surface area contributed by atoms with E-state index in [4.69, 9.17) is 0 Å². The van der Waals surface area contributed by atoms with Crippen LogP contribution in [0.25, 0.3) is 11.3 Å². The highest BCUT2D eigenvalue weighted by Gasteiger charge is 2.17. The van der Waals surface area contributed by atoms with E-state index in [2.05, 4.69) is 15.3 Å². The molecular formula is C17H15N3O2S. The van der Waals surface area contributed by atoms with E-state index in [-0.39, 0.29) is 6.42 Å². The molecule has 0 fully saturated rings. The number of thiazole rings is 1. The summed E-state index contributed by atoms with van der Waals surface area (Å²) in [5, 5.41) is 15.0. The minimum absolute atomic E-state index is 0.273. The molecule has 3 aromatic rings. The molecule has 116 valence electrons. The van der Waals surface area contributed by atoms with E-state index in [0.717, 1.165) is 16.8 Å². The van der Waals surface area contributed by atoms with Crippen molar-refractivity contribution in [3.63, 3.8) is 0 Å². The molecule has 0 saturated carbocycles. The van der Waals surface area contributed by atoms with Gasteiger partial charge in [0.15, 0.2) is 5.13 Å². The molecule has 0 aliphatic rings. The fourth-order valence-corrected chi connectivity index (χ4v) is 2.83. The van der Waals surface area contributed by atoms with E-state index >= 15 is 0 Å². The number of anilines is 1. The molecule has 2 heterocycles. The number of aliphatic hydroxyl groups is 1. The smallest absolute Gasteiger partial charge is 0.255 e. The number of hydrogen-bond acceptors (Lipinski definition) is 5. The second-order valence-corrected chi connectivity index (χ2v) is 5.83. The number of hydrogen-bond donors (Lipinski definition) is 2. The number of amides is 1. The first-order valence-electron chi connectivity index (χ1n) is 7.11. The van der Waals surface area contributed by atoms with Crippen LogP contribution in [-0.4, -0.2) is 27.1 Å². The fourth-order valence-electron chi connectivity index (χ4n) is 2.11. The molecule has 0 saturated heterocycles. The number of aromatic nitrogens is 2.